The molecule has 1 rings (SSSR count). The molecule has 19 heavy (non-hydrogen) atoms. The van der Waals surface area contributed by atoms with Crippen molar-refractivity contribution in [2.45, 2.75) is 11.3 Å². The molecule has 0 saturated carbocycles. The number of thioether (sulfide) groups is 1. The highest BCUT2D eigenvalue weighted by Gasteiger charge is 2.24. The van der Waals surface area contributed by atoms with Gasteiger partial charge in [0.2, 0.25) is 0 Å². The summed E-state index contributed by atoms with van der Waals surface area (Å²) < 4.78 is 38.1. The quantitative estimate of drug-likeness (QED) is 0.779. The zero-order valence-corrected chi connectivity index (χ0v) is 13.2. The second kappa shape index (κ2) is 6.71. The number of carboxylic acid groups (broad SMARTS) is 1. The summed E-state index contributed by atoms with van der Waals surface area (Å²) in [5.41, 5.74) is -0.655. The fourth-order valence-electron chi connectivity index (χ4n) is 1.45. The predicted octanol–water partition coefficient (Wildman–Crippen LogP) is 2.81. The van der Waals surface area contributed by atoms with Gasteiger partial charge in [-0.15, -0.1) is 0 Å². The zero-order chi connectivity index (χ0) is 14.6. The van der Waals surface area contributed by atoms with Gasteiger partial charge in [-0.3, -0.25) is 0 Å². The number of rotatable bonds is 6. The highest BCUT2D eigenvalue weighted by atomic mass is 79.9. The first-order valence-electron chi connectivity index (χ1n) is 5.23. The minimum absolute atomic E-state index is 0.208. The Hall–Kier alpha value is -0.600. The van der Waals surface area contributed by atoms with Crippen molar-refractivity contribution in [1.29, 1.82) is 0 Å². The van der Waals surface area contributed by atoms with Gasteiger partial charge in [0.25, 0.3) is 0 Å². The number of hydrogen-bond donors (Lipinski definition) is 1. The third-order valence-corrected chi connectivity index (χ3v) is 5.28. The van der Waals surface area contributed by atoms with Crippen LogP contribution < -0.4 is 0 Å². The topological polar surface area (TPSA) is 71.4 Å². The van der Waals surface area contributed by atoms with Gasteiger partial charge in [-0.05, 0) is 30.6 Å². The van der Waals surface area contributed by atoms with Gasteiger partial charge in [0, 0.05) is 4.47 Å². The summed E-state index contributed by atoms with van der Waals surface area (Å²) in [5.74, 6) is -2.28. The Balaban J connectivity index is 3.23. The first-order chi connectivity index (χ1) is 8.79. The van der Waals surface area contributed by atoms with Gasteiger partial charge >= 0.3 is 5.97 Å². The van der Waals surface area contributed by atoms with Gasteiger partial charge in [-0.25, -0.2) is 17.6 Å². The minimum Gasteiger partial charge on any atom is -0.478 e. The molecule has 0 aliphatic rings. The van der Waals surface area contributed by atoms with Crippen molar-refractivity contribution >= 4 is 43.5 Å². The van der Waals surface area contributed by atoms with Crippen LogP contribution in [0.15, 0.2) is 21.5 Å². The van der Waals surface area contributed by atoms with Crippen molar-refractivity contribution in [3.8, 4) is 0 Å². The van der Waals surface area contributed by atoms with E-state index in [1.54, 1.807) is 0 Å². The Morgan fingerprint density at radius 1 is 1.47 bits per heavy atom. The van der Waals surface area contributed by atoms with E-state index in [-0.39, 0.29) is 10.2 Å². The molecule has 0 spiro atoms. The first-order valence-corrected chi connectivity index (χ1v) is 9.07. The van der Waals surface area contributed by atoms with Crippen LogP contribution in [0.4, 0.5) is 4.39 Å². The Bertz CT molecular complexity index is 587. The summed E-state index contributed by atoms with van der Waals surface area (Å²) in [4.78, 5) is 10.3. The van der Waals surface area contributed by atoms with Crippen molar-refractivity contribution < 1.29 is 22.7 Å². The van der Waals surface area contributed by atoms with E-state index in [4.69, 9.17) is 5.11 Å². The van der Waals surface area contributed by atoms with Crippen LogP contribution in [0, 0.1) is 5.82 Å². The van der Waals surface area contributed by atoms with E-state index >= 15 is 0 Å². The van der Waals surface area contributed by atoms with Gasteiger partial charge in [-0.2, -0.15) is 11.8 Å². The number of aromatic carboxylic acids is 1. The number of halogens is 2. The van der Waals surface area contributed by atoms with Crippen LogP contribution in [0.1, 0.15) is 16.8 Å². The molecule has 4 nitrogen and oxygen atoms in total. The number of hydrogen-bond acceptors (Lipinski definition) is 4. The Labute approximate surface area is 123 Å². The molecule has 0 atom stereocenters. The molecule has 0 aliphatic carbocycles. The summed E-state index contributed by atoms with van der Waals surface area (Å²) in [6.07, 6.45) is 2.23. The average Bonchev–Trinajstić information content (AvgIpc) is 2.31. The standard InChI is InChI=1S/C11H12BrFO4S2/c1-18-3-2-4-19(16,17)9-6-7(12)5-8(10(9)13)11(14)15/h5-6H,2-4H2,1H3,(H,14,15). The van der Waals surface area contributed by atoms with Gasteiger partial charge in [0.15, 0.2) is 15.7 Å². The third-order valence-electron chi connectivity index (χ3n) is 2.33. The van der Waals surface area contributed by atoms with Crippen LogP contribution in [-0.4, -0.2) is 37.3 Å². The van der Waals surface area contributed by atoms with E-state index in [0.29, 0.717) is 12.2 Å². The molecule has 0 fully saturated rings. The van der Waals surface area contributed by atoms with Gasteiger partial charge in [-0.1, -0.05) is 15.9 Å². The summed E-state index contributed by atoms with van der Waals surface area (Å²) in [7, 11) is -3.82. The summed E-state index contributed by atoms with van der Waals surface area (Å²) in [6, 6.07) is 2.13. The molecule has 0 aliphatic heterocycles. The second-order valence-electron chi connectivity index (χ2n) is 3.74. The minimum atomic E-state index is -3.82. The molecule has 8 heteroatoms. The molecule has 0 heterocycles. The van der Waals surface area contributed by atoms with Crippen LogP contribution in [0.3, 0.4) is 0 Å². The average molecular weight is 371 g/mol. The molecule has 1 aromatic rings. The third kappa shape index (κ3) is 4.19. The van der Waals surface area contributed by atoms with Crippen LogP contribution in [0.25, 0.3) is 0 Å². The van der Waals surface area contributed by atoms with E-state index in [0.717, 1.165) is 12.1 Å². The molecule has 0 amide bonds. The zero-order valence-electron chi connectivity index (χ0n) is 10.0. The van der Waals surface area contributed by atoms with Crippen molar-refractivity contribution in [2.24, 2.45) is 0 Å². The molecule has 0 radical (unpaired) electrons. The SMILES string of the molecule is CSCCCS(=O)(=O)c1cc(Br)cc(C(=O)O)c1F. The van der Waals surface area contributed by atoms with E-state index in [1.165, 1.54) is 11.8 Å². The summed E-state index contributed by atoms with van der Waals surface area (Å²) in [5, 5.41) is 8.84. The van der Waals surface area contributed by atoms with E-state index < -0.39 is 32.1 Å². The molecule has 106 valence electrons. The van der Waals surface area contributed by atoms with Crippen LogP contribution in [0.2, 0.25) is 0 Å². The maximum absolute atomic E-state index is 13.9. The maximum atomic E-state index is 13.9. The molecular formula is C11H12BrFO4S2. The molecular weight excluding hydrogens is 359 g/mol. The van der Waals surface area contributed by atoms with Crippen molar-refractivity contribution in [2.75, 3.05) is 17.8 Å². The number of carboxylic acids is 1. The largest absolute Gasteiger partial charge is 0.478 e. The lowest BCUT2D eigenvalue weighted by Crippen LogP contribution is -2.13. The maximum Gasteiger partial charge on any atom is 0.338 e. The smallest absolute Gasteiger partial charge is 0.338 e. The van der Waals surface area contributed by atoms with Crippen LogP contribution >= 0.6 is 27.7 Å². The summed E-state index contributed by atoms with van der Waals surface area (Å²) >= 11 is 4.48. The van der Waals surface area contributed by atoms with Crippen LogP contribution in [-0.2, 0) is 9.84 Å². The van der Waals surface area contributed by atoms with Crippen LogP contribution in [0.5, 0.6) is 0 Å². The Kier molecular flexibility index (Phi) is 5.82. The van der Waals surface area contributed by atoms with Gasteiger partial charge in [0.05, 0.1) is 11.3 Å². The van der Waals surface area contributed by atoms with Gasteiger partial charge in [0.1, 0.15) is 4.90 Å². The lowest BCUT2D eigenvalue weighted by atomic mass is 10.2. The van der Waals surface area contributed by atoms with E-state index in [2.05, 4.69) is 15.9 Å². The number of carbonyl (C=O) groups is 1. The monoisotopic (exact) mass is 370 g/mol. The van der Waals surface area contributed by atoms with E-state index in [9.17, 15) is 17.6 Å². The molecule has 1 N–H and O–H groups in total. The molecule has 0 bridgehead atoms. The molecule has 0 saturated heterocycles. The number of sulfone groups is 1. The normalized spacial score (nSPS) is 11.5. The predicted molar refractivity (Wildman–Crippen MR) is 76.1 cm³/mol. The van der Waals surface area contributed by atoms with Crippen molar-refractivity contribution in [3.63, 3.8) is 0 Å². The van der Waals surface area contributed by atoms with E-state index in [1.807, 2.05) is 6.26 Å². The fraction of sp³-hybridized carbons (Fsp3) is 0.364. The second-order valence-corrected chi connectivity index (χ2v) is 7.71. The highest BCUT2D eigenvalue weighted by Crippen LogP contribution is 2.25. The molecule has 0 unspecified atom stereocenters. The highest BCUT2D eigenvalue weighted by molar-refractivity contribution is 9.10. The van der Waals surface area contributed by atoms with Crippen molar-refractivity contribution in [1.82, 2.24) is 0 Å². The molecule has 1 aromatic carbocycles. The molecule has 0 aromatic heterocycles. The first kappa shape index (κ1) is 16.5. The lowest BCUT2D eigenvalue weighted by Gasteiger charge is -2.08. The summed E-state index contributed by atoms with van der Waals surface area (Å²) in [6.45, 7) is 0. The lowest BCUT2D eigenvalue weighted by molar-refractivity contribution is 0.0691. The Morgan fingerprint density at radius 2 is 2.11 bits per heavy atom. The Morgan fingerprint density at radius 3 is 2.63 bits per heavy atom. The van der Waals surface area contributed by atoms with Crippen molar-refractivity contribution in [3.05, 3.63) is 28.0 Å². The van der Waals surface area contributed by atoms with Gasteiger partial charge < -0.3 is 5.11 Å². The number of benzene rings is 1. The fourth-order valence-corrected chi connectivity index (χ4v) is 4.11.